The molecule has 1 aliphatic carbocycles. The summed E-state index contributed by atoms with van der Waals surface area (Å²) in [5.41, 5.74) is 0.943. The molecule has 25 heavy (non-hydrogen) atoms. The van der Waals surface area contributed by atoms with E-state index in [1.54, 1.807) is 7.11 Å². The van der Waals surface area contributed by atoms with Crippen molar-refractivity contribution in [3.05, 3.63) is 11.6 Å². The van der Waals surface area contributed by atoms with Crippen LogP contribution in [0.4, 0.5) is 0 Å². The number of hydrogen-bond acceptors (Lipinski definition) is 5. The van der Waals surface area contributed by atoms with Crippen LogP contribution in [0.15, 0.2) is 11.6 Å². The second-order valence-corrected chi connectivity index (χ2v) is 8.15. The molecule has 0 amide bonds. The Bertz CT molecular complexity index is 534. The lowest BCUT2D eigenvalue weighted by Gasteiger charge is -2.43. The quantitative estimate of drug-likeness (QED) is 0.400. The lowest BCUT2D eigenvalue weighted by atomic mass is 9.65. The Labute approximate surface area is 151 Å². The molecular formula is C20H32O5. The second kappa shape index (κ2) is 7.01. The fraction of sp³-hybridized carbons (Fsp3) is 0.850. The van der Waals surface area contributed by atoms with E-state index in [1.165, 1.54) is 5.57 Å². The number of allylic oxidation sites excluding steroid dienone is 1. The van der Waals surface area contributed by atoms with Gasteiger partial charge in [-0.2, -0.15) is 0 Å². The standard InChI is InChI=1S/C20H32O5/c1-6-23-16(21)11-14-9-10-20(12-24-20)18(17(14)22-5)19(4)15(25-19)8-7-13(2)3/h7,14-15,17-18H,6,8-12H2,1-5H3/t14?,15-,17-,18-,19+,20+/m1/s1. The molecule has 1 unspecified atom stereocenters. The summed E-state index contributed by atoms with van der Waals surface area (Å²) in [6, 6.07) is 0. The van der Waals surface area contributed by atoms with Crippen molar-refractivity contribution in [1.29, 1.82) is 0 Å². The Morgan fingerprint density at radius 2 is 2.08 bits per heavy atom. The minimum atomic E-state index is -0.240. The van der Waals surface area contributed by atoms with Crippen molar-refractivity contribution >= 4 is 5.97 Å². The van der Waals surface area contributed by atoms with E-state index in [2.05, 4.69) is 26.8 Å². The van der Waals surface area contributed by atoms with Gasteiger partial charge in [0.05, 0.1) is 37.4 Å². The summed E-state index contributed by atoms with van der Waals surface area (Å²) < 4.78 is 23.2. The first-order chi connectivity index (χ1) is 11.9. The van der Waals surface area contributed by atoms with Gasteiger partial charge in [-0.3, -0.25) is 4.79 Å². The molecule has 1 spiro atoms. The van der Waals surface area contributed by atoms with Crippen LogP contribution in [0.5, 0.6) is 0 Å². The highest BCUT2D eigenvalue weighted by Crippen LogP contribution is 2.60. The van der Waals surface area contributed by atoms with Crippen LogP contribution < -0.4 is 0 Å². The average molecular weight is 352 g/mol. The fourth-order valence-corrected chi connectivity index (χ4v) is 4.74. The molecule has 0 radical (unpaired) electrons. The molecule has 0 aromatic heterocycles. The zero-order valence-electron chi connectivity index (χ0n) is 16.2. The van der Waals surface area contributed by atoms with E-state index in [9.17, 15) is 4.79 Å². The monoisotopic (exact) mass is 352 g/mol. The van der Waals surface area contributed by atoms with Crippen molar-refractivity contribution in [2.75, 3.05) is 20.3 Å². The van der Waals surface area contributed by atoms with Gasteiger partial charge >= 0.3 is 5.97 Å². The molecule has 5 nitrogen and oxygen atoms in total. The van der Waals surface area contributed by atoms with E-state index in [-0.39, 0.29) is 41.2 Å². The van der Waals surface area contributed by atoms with Crippen LogP contribution in [0.2, 0.25) is 0 Å². The number of rotatable bonds is 7. The number of carbonyl (C=O) groups is 1. The van der Waals surface area contributed by atoms with Crippen molar-refractivity contribution < 1.29 is 23.7 Å². The van der Waals surface area contributed by atoms with E-state index in [0.29, 0.717) is 13.0 Å². The molecule has 0 N–H and O–H groups in total. The van der Waals surface area contributed by atoms with Crippen molar-refractivity contribution in [2.24, 2.45) is 11.8 Å². The van der Waals surface area contributed by atoms with E-state index < -0.39 is 0 Å². The molecule has 3 rings (SSSR count). The van der Waals surface area contributed by atoms with Gasteiger partial charge in [0.1, 0.15) is 5.60 Å². The molecule has 2 heterocycles. The van der Waals surface area contributed by atoms with Gasteiger partial charge in [0, 0.05) is 13.0 Å². The van der Waals surface area contributed by atoms with Crippen LogP contribution >= 0.6 is 0 Å². The third-order valence-electron chi connectivity index (χ3n) is 6.16. The molecule has 6 atom stereocenters. The molecule has 1 saturated carbocycles. The fourth-order valence-electron chi connectivity index (χ4n) is 4.74. The van der Waals surface area contributed by atoms with Gasteiger partial charge in [-0.05, 0) is 52.9 Å². The zero-order chi connectivity index (χ0) is 18.2. The molecule has 3 fully saturated rings. The number of epoxide rings is 2. The Morgan fingerprint density at radius 1 is 1.36 bits per heavy atom. The highest BCUT2D eigenvalue weighted by molar-refractivity contribution is 5.69. The van der Waals surface area contributed by atoms with Crippen molar-refractivity contribution in [2.45, 2.75) is 76.8 Å². The molecule has 142 valence electrons. The molecule has 2 saturated heterocycles. The summed E-state index contributed by atoms with van der Waals surface area (Å²) >= 11 is 0. The minimum absolute atomic E-state index is 0.0395. The summed E-state index contributed by atoms with van der Waals surface area (Å²) in [4.78, 5) is 12.0. The first kappa shape index (κ1) is 18.9. The van der Waals surface area contributed by atoms with Crippen molar-refractivity contribution in [3.63, 3.8) is 0 Å². The van der Waals surface area contributed by atoms with Gasteiger partial charge in [0.15, 0.2) is 0 Å². The molecule has 3 aliphatic rings. The summed E-state index contributed by atoms with van der Waals surface area (Å²) in [6.07, 6.45) is 5.63. The maximum atomic E-state index is 12.0. The van der Waals surface area contributed by atoms with E-state index in [0.717, 1.165) is 25.9 Å². The first-order valence-electron chi connectivity index (χ1n) is 9.50. The molecule has 0 aromatic carbocycles. The average Bonchev–Trinajstić information content (AvgIpc) is 3.45. The van der Waals surface area contributed by atoms with E-state index >= 15 is 0 Å². The summed E-state index contributed by atoms with van der Waals surface area (Å²) in [5, 5.41) is 0. The molecular weight excluding hydrogens is 320 g/mol. The smallest absolute Gasteiger partial charge is 0.306 e. The first-order valence-corrected chi connectivity index (χ1v) is 9.50. The normalized spacial score (nSPS) is 42.1. The maximum Gasteiger partial charge on any atom is 0.306 e. The van der Waals surface area contributed by atoms with Crippen LogP contribution in [0.1, 0.15) is 53.4 Å². The number of esters is 1. The summed E-state index contributed by atoms with van der Waals surface area (Å²) in [6.45, 7) is 9.44. The SMILES string of the molecule is CCOC(=O)CC1CC[C@]2(CO2)[C@@H]([C@@]2(C)O[C@@H]2CC=C(C)C)[C@@H]1OC. The van der Waals surface area contributed by atoms with Gasteiger partial charge in [-0.15, -0.1) is 0 Å². The van der Waals surface area contributed by atoms with Crippen LogP contribution in [0.3, 0.4) is 0 Å². The lowest BCUT2D eigenvalue weighted by Crippen LogP contribution is -2.53. The number of hydrogen-bond donors (Lipinski definition) is 0. The lowest BCUT2D eigenvalue weighted by molar-refractivity contribution is -0.149. The van der Waals surface area contributed by atoms with Gasteiger partial charge in [-0.25, -0.2) is 0 Å². The van der Waals surface area contributed by atoms with Crippen LogP contribution in [0, 0.1) is 11.8 Å². The predicted molar refractivity (Wildman–Crippen MR) is 94.3 cm³/mol. The Morgan fingerprint density at radius 3 is 2.64 bits per heavy atom. The minimum Gasteiger partial charge on any atom is -0.466 e. The van der Waals surface area contributed by atoms with Crippen LogP contribution in [0.25, 0.3) is 0 Å². The number of methoxy groups -OCH3 is 1. The molecule has 0 aromatic rings. The summed E-state index contributed by atoms with van der Waals surface area (Å²) in [7, 11) is 1.74. The topological polar surface area (TPSA) is 60.6 Å². The third-order valence-corrected chi connectivity index (χ3v) is 6.16. The van der Waals surface area contributed by atoms with Gasteiger partial charge in [0.25, 0.3) is 0 Å². The summed E-state index contributed by atoms with van der Waals surface area (Å²) in [5.74, 6) is 0.187. The van der Waals surface area contributed by atoms with Gasteiger partial charge in [0.2, 0.25) is 0 Å². The highest BCUT2D eigenvalue weighted by atomic mass is 16.6. The maximum absolute atomic E-state index is 12.0. The second-order valence-electron chi connectivity index (χ2n) is 8.15. The molecule has 2 aliphatic heterocycles. The van der Waals surface area contributed by atoms with Gasteiger partial charge in [-0.1, -0.05) is 11.6 Å². The zero-order valence-corrected chi connectivity index (χ0v) is 16.2. The Kier molecular flexibility index (Phi) is 5.29. The Balaban J connectivity index is 1.75. The van der Waals surface area contributed by atoms with Crippen molar-refractivity contribution in [3.8, 4) is 0 Å². The molecule has 0 bridgehead atoms. The van der Waals surface area contributed by atoms with E-state index in [1.807, 2.05) is 6.92 Å². The van der Waals surface area contributed by atoms with Crippen LogP contribution in [-0.4, -0.2) is 49.7 Å². The van der Waals surface area contributed by atoms with Crippen molar-refractivity contribution in [1.82, 2.24) is 0 Å². The number of ether oxygens (including phenoxy) is 4. The predicted octanol–water partition coefficient (Wildman–Crippen LogP) is 3.26. The molecule has 5 heteroatoms. The van der Waals surface area contributed by atoms with Gasteiger partial charge < -0.3 is 18.9 Å². The Hall–Kier alpha value is -0.910. The number of carbonyl (C=O) groups excluding carboxylic acids is 1. The third kappa shape index (κ3) is 3.64. The highest BCUT2D eigenvalue weighted by Gasteiger charge is 2.71. The van der Waals surface area contributed by atoms with E-state index in [4.69, 9.17) is 18.9 Å². The van der Waals surface area contributed by atoms with Crippen LogP contribution in [-0.2, 0) is 23.7 Å². The largest absolute Gasteiger partial charge is 0.466 e.